The van der Waals surface area contributed by atoms with Gasteiger partial charge in [-0.1, -0.05) is 35.4 Å². The maximum Gasteiger partial charge on any atom is 0.489 e. The molecular formula is C12H10BClO3. The van der Waals surface area contributed by atoms with Crippen molar-refractivity contribution in [3.05, 3.63) is 40.4 Å². The van der Waals surface area contributed by atoms with Gasteiger partial charge in [0.05, 0.1) is 0 Å². The molecule has 0 bridgehead atoms. The number of carbonyl (C=O) groups excluding carboxylic acids is 1. The topological polar surface area (TPSA) is 57.5 Å². The fraction of sp³-hybridized carbons (Fsp3) is 0.0833. The summed E-state index contributed by atoms with van der Waals surface area (Å²) in [6, 6.07) is 6.91. The van der Waals surface area contributed by atoms with E-state index in [9.17, 15) is 14.8 Å². The first-order valence-electron chi connectivity index (χ1n) is 5.08. The Morgan fingerprint density at radius 2 is 1.94 bits per heavy atom. The van der Waals surface area contributed by atoms with Crippen molar-refractivity contribution in [2.75, 3.05) is 0 Å². The van der Waals surface area contributed by atoms with E-state index in [2.05, 4.69) is 0 Å². The zero-order valence-corrected chi connectivity index (χ0v) is 9.90. The van der Waals surface area contributed by atoms with E-state index in [1.807, 2.05) is 19.1 Å². The summed E-state index contributed by atoms with van der Waals surface area (Å²) < 4.78 is 0. The van der Waals surface area contributed by atoms with Gasteiger partial charge in [0.25, 0.3) is 0 Å². The summed E-state index contributed by atoms with van der Waals surface area (Å²) in [7, 11) is -1.71. The fourth-order valence-corrected chi connectivity index (χ4v) is 2.16. The molecule has 0 aromatic heterocycles. The van der Waals surface area contributed by atoms with Gasteiger partial charge in [-0.3, -0.25) is 4.79 Å². The van der Waals surface area contributed by atoms with Gasteiger partial charge in [-0.15, -0.1) is 0 Å². The van der Waals surface area contributed by atoms with Crippen LogP contribution in [0.2, 0.25) is 5.02 Å². The van der Waals surface area contributed by atoms with Crippen molar-refractivity contribution in [3.8, 4) is 0 Å². The van der Waals surface area contributed by atoms with E-state index in [4.69, 9.17) is 11.6 Å². The molecule has 0 aliphatic carbocycles. The van der Waals surface area contributed by atoms with Crippen LogP contribution in [0.25, 0.3) is 10.8 Å². The summed E-state index contributed by atoms with van der Waals surface area (Å²) in [6.07, 6.45) is 0.618. The van der Waals surface area contributed by atoms with Crippen LogP contribution in [0, 0.1) is 6.92 Å². The van der Waals surface area contributed by atoms with E-state index in [-0.39, 0.29) is 11.0 Å². The summed E-state index contributed by atoms with van der Waals surface area (Å²) in [5, 5.41) is 20.2. The van der Waals surface area contributed by atoms with E-state index in [0.29, 0.717) is 16.7 Å². The molecule has 0 saturated heterocycles. The van der Waals surface area contributed by atoms with E-state index in [1.54, 1.807) is 6.07 Å². The van der Waals surface area contributed by atoms with Gasteiger partial charge in [0.1, 0.15) is 6.29 Å². The van der Waals surface area contributed by atoms with Gasteiger partial charge >= 0.3 is 7.12 Å². The fourth-order valence-electron chi connectivity index (χ4n) is 1.88. The molecule has 17 heavy (non-hydrogen) atoms. The van der Waals surface area contributed by atoms with E-state index >= 15 is 0 Å². The van der Waals surface area contributed by atoms with Crippen LogP contribution in [0.4, 0.5) is 0 Å². The Morgan fingerprint density at radius 3 is 2.53 bits per heavy atom. The molecule has 0 aliphatic rings. The number of aldehydes is 1. The number of aryl methyl sites for hydroxylation is 1. The third-order valence-corrected chi connectivity index (χ3v) is 3.02. The standard InChI is InChI=1S/C12H10BClO3/c1-7-2-3-8-9(4-7)10(6-15)11(13(16)17)5-12(8)14/h2-6,16-17H,1H3. The van der Waals surface area contributed by atoms with Gasteiger partial charge in [0, 0.05) is 16.0 Å². The summed E-state index contributed by atoms with van der Waals surface area (Å²) in [5.74, 6) is 0. The lowest BCUT2D eigenvalue weighted by Gasteiger charge is -2.10. The molecule has 0 spiro atoms. The highest BCUT2D eigenvalue weighted by molar-refractivity contribution is 6.61. The van der Waals surface area contributed by atoms with Crippen molar-refractivity contribution in [1.29, 1.82) is 0 Å². The van der Waals surface area contributed by atoms with Crippen LogP contribution in [-0.4, -0.2) is 23.5 Å². The Bertz CT molecular complexity index is 596. The van der Waals surface area contributed by atoms with E-state index in [1.165, 1.54) is 6.07 Å². The third-order valence-electron chi connectivity index (χ3n) is 2.71. The highest BCUT2D eigenvalue weighted by atomic mass is 35.5. The first-order valence-corrected chi connectivity index (χ1v) is 5.46. The summed E-state index contributed by atoms with van der Waals surface area (Å²) in [5.41, 5.74) is 1.37. The molecule has 0 unspecified atom stereocenters. The molecule has 0 aliphatic heterocycles. The average molecular weight is 248 g/mol. The second-order valence-electron chi connectivity index (χ2n) is 3.90. The molecule has 2 aromatic carbocycles. The normalized spacial score (nSPS) is 10.6. The first kappa shape index (κ1) is 12.1. The Labute approximate surface area is 104 Å². The maximum atomic E-state index is 11.1. The summed E-state index contributed by atoms with van der Waals surface area (Å²) >= 11 is 6.05. The highest BCUT2D eigenvalue weighted by Gasteiger charge is 2.19. The predicted octanol–water partition coefficient (Wildman–Crippen LogP) is 1.29. The smallest absolute Gasteiger partial charge is 0.423 e. The number of halogens is 1. The van der Waals surface area contributed by atoms with Gasteiger partial charge in [0.2, 0.25) is 0 Å². The number of benzene rings is 2. The number of hydrogen-bond acceptors (Lipinski definition) is 3. The van der Waals surface area contributed by atoms with Crippen LogP contribution in [0.3, 0.4) is 0 Å². The lowest BCUT2D eigenvalue weighted by Crippen LogP contribution is -2.33. The predicted molar refractivity (Wildman–Crippen MR) is 68.9 cm³/mol. The minimum absolute atomic E-state index is 0.128. The molecule has 0 radical (unpaired) electrons. The van der Waals surface area contributed by atoms with Crippen molar-refractivity contribution < 1.29 is 14.8 Å². The largest absolute Gasteiger partial charge is 0.489 e. The molecule has 0 saturated carbocycles. The molecule has 86 valence electrons. The van der Waals surface area contributed by atoms with Crippen molar-refractivity contribution in [3.63, 3.8) is 0 Å². The van der Waals surface area contributed by atoms with E-state index < -0.39 is 7.12 Å². The zero-order chi connectivity index (χ0) is 12.6. The van der Waals surface area contributed by atoms with Gasteiger partial charge in [-0.05, 0) is 23.8 Å². The van der Waals surface area contributed by atoms with Crippen LogP contribution in [0.5, 0.6) is 0 Å². The first-order chi connectivity index (χ1) is 8.04. The third kappa shape index (κ3) is 2.07. The molecule has 2 rings (SSSR count). The number of rotatable bonds is 2. The molecule has 2 N–H and O–H groups in total. The lowest BCUT2D eigenvalue weighted by molar-refractivity contribution is 0.112. The molecule has 0 fully saturated rings. The van der Waals surface area contributed by atoms with E-state index in [0.717, 1.165) is 10.9 Å². The molecule has 0 heterocycles. The summed E-state index contributed by atoms with van der Waals surface area (Å²) in [4.78, 5) is 11.1. The Kier molecular flexibility index (Phi) is 3.20. The minimum atomic E-state index is -1.71. The highest BCUT2D eigenvalue weighted by Crippen LogP contribution is 2.25. The minimum Gasteiger partial charge on any atom is -0.423 e. The van der Waals surface area contributed by atoms with Crippen molar-refractivity contribution in [2.24, 2.45) is 0 Å². The van der Waals surface area contributed by atoms with Gasteiger partial charge in [-0.25, -0.2) is 0 Å². The number of hydrogen-bond donors (Lipinski definition) is 2. The van der Waals surface area contributed by atoms with Gasteiger partial charge < -0.3 is 10.0 Å². The SMILES string of the molecule is Cc1ccc2c(Cl)cc(B(O)O)c(C=O)c2c1. The Hall–Kier alpha value is -1.36. The molecule has 3 nitrogen and oxygen atoms in total. The van der Waals surface area contributed by atoms with Crippen LogP contribution < -0.4 is 5.46 Å². The second-order valence-corrected chi connectivity index (χ2v) is 4.31. The Morgan fingerprint density at radius 1 is 1.24 bits per heavy atom. The van der Waals surface area contributed by atoms with Crippen LogP contribution in [0.15, 0.2) is 24.3 Å². The van der Waals surface area contributed by atoms with Crippen molar-refractivity contribution in [1.82, 2.24) is 0 Å². The monoisotopic (exact) mass is 248 g/mol. The zero-order valence-electron chi connectivity index (χ0n) is 9.14. The molecule has 0 atom stereocenters. The van der Waals surface area contributed by atoms with Crippen LogP contribution in [-0.2, 0) is 0 Å². The van der Waals surface area contributed by atoms with Crippen molar-refractivity contribution >= 4 is 41.2 Å². The molecule has 0 amide bonds. The average Bonchev–Trinajstić information content (AvgIpc) is 2.28. The Balaban J connectivity index is 2.92. The lowest BCUT2D eigenvalue weighted by atomic mass is 9.75. The summed E-state index contributed by atoms with van der Waals surface area (Å²) in [6.45, 7) is 1.89. The van der Waals surface area contributed by atoms with Gasteiger partial charge in [-0.2, -0.15) is 0 Å². The van der Waals surface area contributed by atoms with Crippen LogP contribution in [0.1, 0.15) is 15.9 Å². The van der Waals surface area contributed by atoms with Crippen molar-refractivity contribution in [2.45, 2.75) is 6.92 Å². The quantitative estimate of drug-likeness (QED) is 0.622. The molecular weight excluding hydrogens is 238 g/mol. The molecule has 2 aromatic rings. The second kappa shape index (κ2) is 4.49. The number of fused-ring (bicyclic) bond motifs is 1. The maximum absolute atomic E-state index is 11.1. The molecule has 5 heteroatoms. The number of carbonyl (C=O) groups is 1. The van der Waals surface area contributed by atoms with Crippen LogP contribution >= 0.6 is 11.6 Å². The van der Waals surface area contributed by atoms with Gasteiger partial charge in [0.15, 0.2) is 0 Å².